The van der Waals surface area contributed by atoms with Gasteiger partial charge in [-0.05, 0) is 50.1 Å². The van der Waals surface area contributed by atoms with Crippen LogP contribution in [0.5, 0.6) is 5.75 Å². The summed E-state index contributed by atoms with van der Waals surface area (Å²) in [6.45, 7) is 2.02. The van der Waals surface area contributed by atoms with E-state index in [-0.39, 0.29) is 12.5 Å². The maximum atomic E-state index is 12.9. The topological polar surface area (TPSA) is 119 Å². The molecule has 1 saturated carbocycles. The highest BCUT2D eigenvalue weighted by molar-refractivity contribution is 6.06. The van der Waals surface area contributed by atoms with Crippen molar-refractivity contribution in [2.24, 2.45) is 0 Å². The van der Waals surface area contributed by atoms with Crippen LogP contribution < -0.4 is 10.1 Å². The molecule has 30 heavy (non-hydrogen) atoms. The van der Waals surface area contributed by atoms with Crippen LogP contribution in [0.25, 0.3) is 22.5 Å². The lowest BCUT2D eigenvalue weighted by Gasteiger charge is -2.06. The Balaban J connectivity index is 1.34. The Kier molecular flexibility index (Phi) is 4.42. The van der Waals surface area contributed by atoms with Crippen LogP contribution in [0.2, 0.25) is 0 Å². The summed E-state index contributed by atoms with van der Waals surface area (Å²) in [6, 6.07) is 9.31. The number of ether oxygens (including phenoxy) is 1. The molecule has 9 heteroatoms. The second kappa shape index (κ2) is 7.25. The van der Waals surface area contributed by atoms with E-state index in [0.29, 0.717) is 39.9 Å². The van der Waals surface area contributed by atoms with Gasteiger partial charge in [-0.1, -0.05) is 5.16 Å². The number of H-pyrrole nitrogens is 1. The normalized spacial score (nSPS) is 13.5. The number of carbonyl (C=O) groups excluding carboxylic acids is 1. The lowest BCUT2D eigenvalue weighted by atomic mass is 10.1. The first-order valence-corrected chi connectivity index (χ1v) is 9.73. The number of aryl methyl sites for hydroxylation is 1. The lowest BCUT2D eigenvalue weighted by Crippen LogP contribution is -2.24. The molecule has 0 aliphatic heterocycles. The van der Waals surface area contributed by atoms with Crippen molar-refractivity contribution < 1.29 is 14.1 Å². The highest BCUT2D eigenvalue weighted by Crippen LogP contribution is 2.40. The van der Waals surface area contributed by atoms with Crippen LogP contribution in [0.3, 0.4) is 0 Å². The summed E-state index contributed by atoms with van der Waals surface area (Å²) in [4.78, 5) is 21.9. The zero-order valence-corrected chi connectivity index (χ0v) is 16.6. The van der Waals surface area contributed by atoms with Gasteiger partial charge in [0.05, 0.1) is 30.3 Å². The van der Waals surface area contributed by atoms with Crippen LogP contribution in [0.4, 0.5) is 0 Å². The van der Waals surface area contributed by atoms with Crippen LogP contribution in [0.15, 0.2) is 34.9 Å². The van der Waals surface area contributed by atoms with E-state index in [1.807, 2.05) is 30.3 Å². The van der Waals surface area contributed by atoms with Gasteiger partial charge in [0, 0.05) is 17.2 Å². The fourth-order valence-electron chi connectivity index (χ4n) is 3.38. The molecule has 0 spiro atoms. The van der Waals surface area contributed by atoms with Crippen LogP contribution in [0.1, 0.15) is 46.3 Å². The molecule has 1 aliphatic rings. The van der Waals surface area contributed by atoms with Crippen LogP contribution in [0, 0.1) is 6.92 Å². The largest absolute Gasteiger partial charge is 0.497 e. The van der Waals surface area contributed by atoms with E-state index in [9.17, 15) is 4.79 Å². The number of aromatic nitrogens is 5. The number of pyridine rings is 1. The molecular formula is C21H20N6O3. The Morgan fingerprint density at radius 1 is 1.27 bits per heavy atom. The zero-order chi connectivity index (χ0) is 20.7. The molecule has 0 unspecified atom stereocenters. The predicted molar refractivity (Wildman–Crippen MR) is 108 cm³/mol. The monoisotopic (exact) mass is 404 g/mol. The van der Waals surface area contributed by atoms with E-state index in [2.05, 4.69) is 30.6 Å². The molecule has 0 radical (unpaired) electrons. The fraction of sp³-hybridized carbons (Fsp3) is 0.286. The molecule has 3 aromatic heterocycles. The first-order valence-electron chi connectivity index (χ1n) is 9.73. The van der Waals surface area contributed by atoms with Gasteiger partial charge in [-0.15, -0.1) is 0 Å². The number of rotatable bonds is 6. The van der Waals surface area contributed by atoms with E-state index in [4.69, 9.17) is 9.26 Å². The number of nitrogens with zero attached hydrogens (tertiary/aromatic N) is 4. The molecule has 0 bridgehead atoms. The third-order valence-corrected chi connectivity index (χ3v) is 5.17. The Hall–Kier alpha value is -3.75. The highest BCUT2D eigenvalue weighted by Gasteiger charge is 2.28. The van der Waals surface area contributed by atoms with Crippen LogP contribution >= 0.6 is 0 Å². The molecular weight excluding hydrogens is 384 g/mol. The molecule has 3 heterocycles. The van der Waals surface area contributed by atoms with Crippen molar-refractivity contribution in [1.82, 2.24) is 30.6 Å². The van der Waals surface area contributed by atoms with Gasteiger partial charge in [0.2, 0.25) is 0 Å². The number of hydrogen-bond donors (Lipinski definition) is 2. The van der Waals surface area contributed by atoms with Gasteiger partial charge in [-0.2, -0.15) is 5.10 Å². The smallest absolute Gasteiger partial charge is 0.259 e. The number of methoxy groups -OCH3 is 1. The third kappa shape index (κ3) is 3.38. The lowest BCUT2D eigenvalue weighted by molar-refractivity contribution is 0.0951. The fourth-order valence-corrected chi connectivity index (χ4v) is 3.38. The first-order chi connectivity index (χ1) is 14.6. The van der Waals surface area contributed by atoms with E-state index < -0.39 is 0 Å². The van der Waals surface area contributed by atoms with Gasteiger partial charge in [0.15, 0.2) is 5.82 Å². The molecule has 0 atom stereocenters. The number of aromatic amines is 1. The molecule has 1 aliphatic carbocycles. The van der Waals surface area contributed by atoms with Gasteiger partial charge in [-0.3, -0.25) is 9.89 Å². The number of carbonyl (C=O) groups is 1. The summed E-state index contributed by atoms with van der Waals surface area (Å²) in [6.07, 6.45) is 2.16. The van der Waals surface area contributed by atoms with Crippen molar-refractivity contribution in [3.05, 3.63) is 53.1 Å². The third-order valence-electron chi connectivity index (χ3n) is 5.17. The molecule has 152 valence electrons. The number of nitrogens with one attached hydrogen (secondary N) is 2. The minimum absolute atomic E-state index is 0.217. The molecule has 0 saturated heterocycles. The van der Waals surface area contributed by atoms with E-state index in [1.54, 1.807) is 14.0 Å². The summed E-state index contributed by atoms with van der Waals surface area (Å²) < 4.78 is 10.5. The van der Waals surface area contributed by atoms with Crippen LogP contribution in [-0.4, -0.2) is 38.3 Å². The SMILES string of the molecule is COc1ccc(-c2n[nH]c(CNC(=O)c3cc(C4CC4)nc4onc(C)c34)n2)cc1. The van der Waals surface area contributed by atoms with Gasteiger partial charge in [0.25, 0.3) is 11.6 Å². The summed E-state index contributed by atoms with van der Waals surface area (Å²) in [7, 11) is 1.62. The van der Waals surface area contributed by atoms with Crippen LogP contribution in [-0.2, 0) is 6.54 Å². The molecule has 2 N–H and O–H groups in total. The standard InChI is InChI=1S/C21H20N6O3/c1-11-18-15(9-16(12-3-4-12)23-21(18)30-27-11)20(28)22-10-17-24-19(26-25-17)13-5-7-14(29-2)8-6-13/h5-9,12H,3-4,10H2,1-2H3,(H,22,28)(H,24,25,26). The van der Waals surface area contributed by atoms with E-state index in [0.717, 1.165) is 29.8 Å². The Bertz CT molecular complexity index is 1220. The number of amides is 1. The van der Waals surface area contributed by atoms with Gasteiger partial charge >= 0.3 is 0 Å². The second-order valence-corrected chi connectivity index (χ2v) is 7.33. The highest BCUT2D eigenvalue weighted by atomic mass is 16.5. The minimum Gasteiger partial charge on any atom is -0.497 e. The second-order valence-electron chi connectivity index (χ2n) is 7.33. The van der Waals surface area contributed by atoms with Crippen molar-refractivity contribution in [2.45, 2.75) is 32.2 Å². The molecule has 1 aromatic carbocycles. The Labute approximate surface area is 171 Å². The van der Waals surface area contributed by atoms with Crippen molar-refractivity contribution in [3.8, 4) is 17.1 Å². The molecule has 9 nitrogen and oxygen atoms in total. The van der Waals surface area contributed by atoms with Gasteiger partial charge in [0.1, 0.15) is 11.6 Å². The van der Waals surface area contributed by atoms with Crippen molar-refractivity contribution in [2.75, 3.05) is 7.11 Å². The zero-order valence-electron chi connectivity index (χ0n) is 16.6. The Morgan fingerprint density at radius 3 is 2.80 bits per heavy atom. The minimum atomic E-state index is -0.224. The summed E-state index contributed by atoms with van der Waals surface area (Å²) in [5, 5.41) is 14.6. The number of hydrogen-bond acceptors (Lipinski definition) is 7. The first kappa shape index (κ1) is 18.3. The van der Waals surface area contributed by atoms with Crippen molar-refractivity contribution >= 4 is 17.0 Å². The average molecular weight is 404 g/mol. The maximum absolute atomic E-state index is 12.9. The predicted octanol–water partition coefficient (Wildman–Crippen LogP) is 3.13. The maximum Gasteiger partial charge on any atom is 0.259 e. The molecule has 4 aromatic rings. The molecule has 5 rings (SSSR count). The molecule has 1 fully saturated rings. The van der Waals surface area contributed by atoms with Crippen molar-refractivity contribution in [3.63, 3.8) is 0 Å². The van der Waals surface area contributed by atoms with Gasteiger partial charge < -0.3 is 14.6 Å². The summed E-state index contributed by atoms with van der Waals surface area (Å²) in [5.74, 6) is 2.05. The molecule has 1 amide bonds. The van der Waals surface area contributed by atoms with E-state index in [1.165, 1.54) is 0 Å². The Morgan fingerprint density at radius 2 is 2.07 bits per heavy atom. The average Bonchev–Trinajstić information content (AvgIpc) is 3.41. The summed E-state index contributed by atoms with van der Waals surface area (Å²) in [5.41, 5.74) is 3.31. The number of fused-ring (bicyclic) bond motifs is 1. The van der Waals surface area contributed by atoms with Gasteiger partial charge in [-0.25, -0.2) is 9.97 Å². The quantitative estimate of drug-likeness (QED) is 0.507. The summed E-state index contributed by atoms with van der Waals surface area (Å²) >= 11 is 0. The number of benzene rings is 1. The van der Waals surface area contributed by atoms with Crippen molar-refractivity contribution in [1.29, 1.82) is 0 Å². The van der Waals surface area contributed by atoms with E-state index >= 15 is 0 Å².